The standard InChI is InChI=1S/C14H15ClN2O3/c15-12-4-3-10(7-13(12)17(19)20)16-14(18)11-6-8-1-2-9(11)5-8/h3-4,7-9,11H,1-2,5-6H2,(H,16,18)/t8-,9-,11+/m0/s1. The number of fused-ring (bicyclic) bond motifs is 2. The lowest BCUT2D eigenvalue weighted by molar-refractivity contribution is -0.384. The van der Waals surface area contributed by atoms with Gasteiger partial charge >= 0.3 is 0 Å². The van der Waals surface area contributed by atoms with E-state index in [-0.39, 0.29) is 22.5 Å². The van der Waals surface area contributed by atoms with Crippen LogP contribution in [0, 0.1) is 27.9 Å². The van der Waals surface area contributed by atoms with Gasteiger partial charge in [0.1, 0.15) is 5.02 Å². The molecule has 0 aromatic heterocycles. The lowest BCUT2D eigenvalue weighted by atomic mass is 9.88. The first kappa shape index (κ1) is 13.4. The third-order valence-electron chi connectivity index (χ3n) is 4.49. The second kappa shape index (κ2) is 5.05. The summed E-state index contributed by atoms with van der Waals surface area (Å²) < 4.78 is 0. The Morgan fingerprint density at radius 1 is 1.35 bits per heavy atom. The van der Waals surface area contributed by atoms with Crippen molar-refractivity contribution >= 4 is 28.9 Å². The predicted molar refractivity (Wildman–Crippen MR) is 75.7 cm³/mol. The molecule has 20 heavy (non-hydrogen) atoms. The number of nitrogens with one attached hydrogen (secondary N) is 1. The molecule has 6 heteroatoms. The van der Waals surface area contributed by atoms with Crippen LogP contribution >= 0.6 is 11.6 Å². The minimum atomic E-state index is -0.546. The first-order chi connectivity index (χ1) is 9.54. The second-order valence-electron chi connectivity index (χ2n) is 5.69. The van der Waals surface area contributed by atoms with Crippen molar-refractivity contribution in [3.63, 3.8) is 0 Å². The lowest BCUT2D eigenvalue weighted by Gasteiger charge is -2.20. The number of nitrogens with zero attached hydrogens (tertiary/aromatic N) is 1. The molecular weight excluding hydrogens is 280 g/mol. The largest absolute Gasteiger partial charge is 0.326 e. The zero-order valence-electron chi connectivity index (χ0n) is 10.8. The third kappa shape index (κ3) is 2.38. The van der Waals surface area contributed by atoms with E-state index in [9.17, 15) is 14.9 Å². The Balaban J connectivity index is 1.73. The molecular formula is C14H15ClN2O3. The molecule has 2 aliphatic carbocycles. The predicted octanol–water partition coefficient (Wildman–Crippen LogP) is 3.62. The summed E-state index contributed by atoms with van der Waals surface area (Å²) in [4.78, 5) is 22.5. The Bertz CT molecular complexity index is 576. The number of carbonyl (C=O) groups excluding carboxylic acids is 1. The minimum absolute atomic E-state index is 0.0196. The van der Waals surface area contributed by atoms with Gasteiger partial charge in [-0.05, 0) is 43.2 Å². The summed E-state index contributed by atoms with van der Waals surface area (Å²) >= 11 is 5.75. The van der Waals surface area contributed by atoms with Crippen LogP contribution < -0.4 is 5.32 Å². The number of amides is 1. The number of anilines is 1. The first-order valence-electron chi connectivity index (χ1n) is 6.79. The first-order valence-corrected chi connectivity index (χ1v) is 7.17. The normalized spacial score (nSPS) is 27.6. The monoisotopic (exact) mass is 294 g/mol. The van der Waals surface area contributed by atoms with Gasteiger partial charge in [0.05, 0.1) is 4.92 Å². The van der Waals surface area contributed by atoms with Gasteiger partial charge < -0.3 is 5.32 Å². The molecule has 3 atom stereocenters. The number of benzene rings is 1. The van der Waals surface area contributed by atoms with Gasteiger partial charge in [0.25, 0.3) is 5.69 Å². The van der Waals surface area contributed by atoms with E-state index in [1.807, 2.05) is 0 Å². The maximum absolute atomic E-state index is 12.3. The summed E-state index contributed by atoms with van der Waals surface area (Å²) in [5, 5.41) is 13.7. The van der Waals surface area contributed by atoms with Crippen molar-refractivity contribution in [3.8, 4) is 0 Å². The van der Waals surface area contributed by atoms with Crippen molar-refractivity contribution < 1.29 is 9.72 Å². The van der Waals surface area contributed by atoms with Crippen LogP contribution in [0.3, 0.4) is 0 Å². The van der Waals surface area contributed by atoms with E-state index in [2.05, 4.69) is 5.32 Å². The van der Waals surface area contributed by atoms with Gasteiger partial charge in [0.15, 0.2) is 0 Å². The third-order valence-corrected chi connectivity index (χ3v) is 4.80. The van der Waals surface area contributed by atoms with Gasteiger partial charge in [-0.3, -0.25) is 14.9 Å². The van der Waals surface area contributed by atoms with Crippen LogP contribution in [0.2, 0.25) is 5.02 Å². The summed E-state index contributed by atoms with van der Waals surface area (Å²) in [6.07, 6.45) is 4.47. The molecule has 1 aromatic rings. The summed E-state index contributed by atoms with van der Waals surface area (Å²) in [5.41, 5.74) is 0.256. The van der Waals surface area contributed by atoms with E-state index < -0.39 is 4.92 Å². The van der Waals surface area contributed by atoms with Crippen molar-refractivity contribution in [1.29, 1.82) is 0 Å². The molecule has 0 unspecified atom stereocenters. The summed E-state index contributed by atoms with van der Waals surface area (Å²) in [6.45, 7) is 0. The smallest absolute Gasteiger partial charge is 0.289 e. The van der Waals surface area contributed by atoms with Gasteiger partial charge in [-0.2, -0.15) is 0 Å². The maximum atomic E-state index is 12.3. The summed E-state index contributed by atoms with van der Waals surface area (Å²) in [5.74, 6) is 1.22. The molecule has 2 fully saturated rings. The van der Waals surface area contributed by atoms with E-state index in [4.69, 9.17) is 11.6 Å². The van der Waals surface area contributed by atoms with Gasteiger partial charge in [-0.25, -0.2) is 0 Å². The molecule has 106 valence electrons. The van der Waals surface area contributed by atoms with E-state index in [1.165, 1.54) is 18.6 Å². The van der Waals surface area contributed by atoms with Crippen LogP contribution in [0.1, 0.15) is 25.7 Å². The summed E-state index contributed by atoms with van der Waals surface area (Å²) in [6, 6.07) is 4.35. The number of halogens is 1. The average molecular weight is 295 g/mol. The Hall–Kier alpha value is -1.62. The molecule has 0 saturated heterocycles. The fourth-order valence-corrected chi connectivity index (χ4v) is 3.72. The Morgan fingerprint density at radius 3 is 2.75 bits per heavy atom. The minimum Gasteiger partial charge on any atom is -0.326 e. The van der Waals surface area contributed by atoms with Crippen LogP contribution in [0.25, 0.3) is 0 Å². The SMILES string of the molecule is O=C(Nc1ccc(Cl)c([N+](=O)[O-])c1)[C@@H]1C[C@H]2CC[C@H]1C2. The summed E-state index contributed by atoms with van der Waals surface area (Å²) in [7, 11) is 0. The van der Waals surface area contributed by atoms with Crippen molar-refractivity contribution in [1.82, 2.24) is 0 Å². The highest BCUT2D eigenvalue weighted by Gasteiger charge is 2.43. The van der Waals surface area contributed by atoms with Crippen molar-refractivity contribution in [2.24, 2.45) is 17.8 Å². The maximum Gasteiger partial charge on any atom is 0.289 e. The molecule has 0 aliphatic heterocycles. The highest BCUT2D eigenvalue weighted by Crippen LogP contribution is 2.48. The highest BCUT2D eigenvalue weighted by atomic mass is 35.5. The fourth-order valence-electron chi connectivity index (χ4n) is 3.53. The molecule has 3 rings (SSSR count). The number of nitro groups is 1. The van der Waals surface area contributed by atoms with Crippen LogP contribution in [-0.2, 0) is 4.79 Å². The molecule has 0 radical (unpaired) electrons. The molecule has 1 N–H and O–H groups in total. The number of hydrogen-bond acceptors (Lipinski definition) is 3. The van der Waals surface area contributed by atoms with Gasteiger partial charge in [0, 0.05) is 17.7 Å². The van der Waals surface area contributed by atoms with Crippen LogP contribution in [0.4, 0.5) is 11.4 Å². The van der Waals surface area contributed by atoms with E-state index in [1.54, 1.807) is 6.07 Å². The van der Waals surface area contributed by atoms with Crippen LogP contribution in [0.5, 0.6) is 0 Å². The van der Waals surface area contributed by atoms with Crippen LogP contribution in [-0.4, -0.2) is 10.8 Å². The number of carbonyl (C=O) groups is 1. The van der Waals surface area contributed by atoms with Gasteiger partial charge in [-0.15, -0.1) is 0 Å². The second-order valence-corrected chi connectivity index (χ2v) is 6.10. The van der Waals surface area contributed by atoms with Crippen molar-refractivity contribution in [2.75, 3.05) is 5.32 Å². The average Bonchev–Trinajstić information content (AvgIpc) is 3.03. The molecule has 0 heterocycles. The molecule has 1 aromatic carbocycles. The number of nitro benzene ring substituents is 1. The quantitative estimate of drug-likeness (QED) is 0.683. The van der Waals surface area contributed by atoms with E-state index >= 15 is 0 Å². The zero-order valence-corrected chi connectivity index (χ0v) is 11.6. The Labute approximate surface area is 121 Å². The number of hydrogen-bond donors (Lipinski definition) is 1. The van der Waals surface area contributed by atoms with Crippen molar-refractivity contribution in [2.45, 2.75) is 25.7 Å². The molecule has 2 aliphatic rings. The lowest BCUT2D eigenvalue weighted by Crippen LogP contribution is -2.27. The molecule has 1 amide bonds. The zero-order chi connectivity index (χ0) is 14.3. The van der Waals surface area contributed by atoms with E-state index in [0.29, 0.717) is 17.5 Å². The molecule has 2 bridgehead atoms. The van der Waals surface area contributed by atoms with Gasteiger partial charge in [0.2, 0.25) is 5.91 Å². The molecule has 5 nitrogen and oxygen atoms in total. The molecule has 0 spiro atoms. The topological polar surface area (TPSA) is 72.2 Å². The van der Waals surface area contributed by atoms with Crippen molar-refractivity contribution in [3.05, 3.63) is 33.3 Å². The highest BCUT2D eigenvalue weighted by molar-refractivity contribution is 6.32. The Kier molecular flexibility index (Phi) is 3.38. The van der Waals surface area contributed by atoms with Gasteiger partial charge in [-0.1, -0.05) is 18.0 Å². The Morgan fingerprint density at radius 2 is 2.15 bits per heavy atom. The molecule has 2 saturated carbocycles. The number of rotatable bonds is 3. The van der Waals surface area contributed by atoms with E-state index in [0.717, 1.165) is 19.3 Å². The fraction of sp³-hybridized carbons (Fsp3) is 0.500. The van der Waals surface area contributed by atoms with Crippen LogP contribution in [0.15, 0.2) is 18.2 Å².